The largest absolute Gasteiger partial charge is 0.299 e. The van der Waals surface area contributed by atoms with Crippen LogP contribution in [0.25, 0.3) is 5.69 Å². The zero-order valence-electron chi connectivity index (χ0n) is 9.45. The van der Waals surface area contributed by atoms with Gasteiger partial charge in [0.25, 0.3) is 5.56 Å². The number of sulfone groups is 1. The van der Waals surface area contributed by atoms with E-state index in [1.807, 2.05) is 0 Å². The van der Waals surface area contributed by atoms with Crippen molar-refractivity contribution >= 4 is 22.1 Å². The van der Waals surface area contributed by atoms with Crippen molar-refractivity contribution in [2.45, 2.75) is 4.90 Å². The molecule has 5 nitrogen and oxygen atoms in total. The molecule has 0 bridgehead atoms. The molecule has 0 atom stereocenters. The summed E-state index contributed by atoms with van der Waals surface area (Å²) in [6.07, 6.45) is 2.68. The molecule has 0 saturated heterocycles. The molecular weight excluding hydrogens is 272 g/mol. The summed E-state index contributed by atoms with van der Waals surface area (Å²) < 4.78 is 24.5. The number of nitrogens with zero attached hydrogens (tertiary/aromatic N) is 1. The molecule has 1 heterocycles. The maximum Gasteiger partial charge on any atom is 0.251 e. The summed E-state index contributed by atoms with van der Waals surface area (Å²) in [5.74, 6) is 0. The standard InChI is InChI=1S/C11H10N2O3S2/c1-18(15,16)9-4-2-8(3-5-9)13-7-6-10(14)12-11(13)17/h2-7H,1H3,(H,12,14,17). The Morgan fingerprint density at radius 3 is 2.28 bits per heavy atom. The van der Waals surface area contributed by atoms with Gasteiger partial charge in [-0.25, -0.2) is 8.42 Å². The van der Waals surface area contributed by atoms with E-state index in [1.54, 1.807) is 16.7 Å². The van der Waals surface area contributed by atoms with Crippen molar-refractivity contribution in [2.75, 3.05) is 6.26 Å². The Balaban J connectivity index is 2.54. The molecule has 0 aliphatic heterocycles. The maximum absolute atomic E-state index is 11.3. The fourth-order valence-corrected chi connectivity index (χ4v) is 2.37. The lowest BCUT2D eigenvalue weighted by Crippen LogP contribution is -2.09. The Kier molecular flexibility index (Phi) is 3.18. The average Bonchev–Trinajstić information content (AvgIpc) is 2.28. The van der Waals surface area contributed by atoms with Crippen molar-refractivity contribution in [2.24, 2.45) is 0 Å². The molecule has 0 aliphatic rings. The van der Waals surface area contributed by atoms with E-state index in [1.165, 1.54) is 24.4 Å². The summed E-state index contributed by atoms with van der Waals surface area (Å²) in [5, 5.41) is 0. The van der Waals surface area contributed by atoms with Crippen molar-refractivity contribution < 1.29 is 8.42 Å². The lowest BCUT2D eigenvalue weighted by molar-refractivity contribution is 0.602. The summed E-state index contributed by atoms with van der Waals surface area (Å²) in [5.41, 5.74) is 0.410. The number of aromatic nitrogens is 2. The summed E-state index contributed by atoms with van der Waals surface area (Å²) in [7, 11) is -3.21. The van der Waals surface area contributed by atoms with E-state index < -0.39 is 9.84 Å². The quantitative estimate of drug-likeness (QED) is 0.843. The summed E-state index contributed by atoms with van der Waals surface area (Å²) in [4.78, 5) is 13.8. The first-order valence-corrected chi connectivity index (χ1v) is 7.30. The Labute approximate surface area is 109 Å². The van der Waals surface area contributed by atoms with Crippen LogP contribution in [0.3, 0.4) is 0 Å². The van der Waals surface area contributed by atoms with Gasteiger partial charge in [0.05, 0.1) is 4.90 Å². The SMILES string of the molecule is CS(=O)(=O)c1ccc(-n2ccc(=O)[nH]c2=S)cc1. The van der Waals surface area contributed by atoms with Crippen molar-refractivity contribution in [1.82, 2.24) is 9.55 Å². The number of benzene rings is 1. The number of H-pyrrole nitrogens is 1. The van der Waals surface area contributed by atoms with Gasteiger partial charge in [-0.3, -0.25) is 14.3 Å². The monoisotopic (exact) mass is 282 g/mol. The van der Waals surface area contributed by atoms with E-state index in [9.17, 15) is 13.2 Å². The second-order valence-electron chi connectivity index (χ2n) is 3.75. The highest BCUT2D eigenvalue weighted by molar-refractivity contribution is 7.90. The molecule has 0 fully saturated rings. The van der Waals surface area contributed by atoms with Crippen LogP contribution in [0.2, 0.25) is 0 Å². The van der Waals surface area contributed by atoms with Crippen molar-refractivity contribution in [1.29, 1.82) is 0 Å². The predicted octanol–water partition coefficient (Wildman–Crippen LogP) is 1.30. The summed E-state index contributed by atoms with van der Waals surface area (Å²) in [6, 6.07) is 7.60. The van der Waals surface area contributed by atoms with Crippen molar-refractivity contribution in [3.05, 3.63) is 51.7 Å². The van der Waals surface area contributed by atoms with Crippen molar-refractivity contribution in [3.63, 3.8) is 0 Å². The number of aromatic amines is 1. The number of rotatable bonds is 2. The third kappa shape index (κ3) is 2.57. The molecule has 0 amide bonds. The molecule has 0 saturated carbocycles. The minimum atomic E-state index is -3.21. The van der Waals surface area contributed by atoms with Gasteiger partial charge in [-0.15, -0.1) is 0 Å². The minimum Gasteiger partial charge on any atom is -0.299 e. The predicted molar refractivity (Wildman–Crippen MR) is 70.3 cm³/mol. The van der Waals surface area contributed by atoms with Crippen LogP contribution in [-0.4, -0.2) is 24.2 Å². The van der Waals surface area contributed by atoms with Gasteiger partial charge in [0.15, 0.2) is 14.6 Å². The molecule has 18 heavy (non-hydrogen) atoms. The lowest BCUT2D eigenvalue weighted by Gasteiger charge is -2.06. The third-order valence-electron chi connectivity index (χ3n) is 2.37. The molecule has 94 valence electrons. The van der Waals surface area contributed by atoms with Crippen LogP contribution >= 0.6 is 12.2 Å². The topological polar surface area (TPSA) is 71.9 Å². The molecule has 1 aromatic heterocycles. The van der Waals surface area contributed by atoms with Crippen LogP contribution in [0.15, 0.2) is 46.2 Å². The fourth-order valence-electron chi connectivity index (χ4n) is 1.47. The molecule has 7 heteroatoms. The van der Waals surface area contributed by atoms with Crippen LogP contribution in [0.1, 0.15) is 0 Å². The van der Waals surface area contributed by atoms with E-state index in [0.29, 0.717) is 5.69 Å². The molecule has 2 rings (SSSR count). The molecule has 1 aromatic carbocycles. The first-order valence-electron chi connectivity index (χ1n) is 5.00. The van der Waals surface area contributed by atoms with E-state index in [4.69, 9.17) is 12.2 Å². The van der Waals surface area contributed by atoms with E-state index in [0.717, 1.165) is 6.26 Å². The number of hydrogen-bond donors (Lipinski definition) is 1. The molecule has 0 spiro atoms. The minimum absolute atomic E-state index is 0.238. The zero-order valence-corrected chi connectivity index (χ0v) is 11.1. The summed E-state index contributed by atoms with van der Waals surface area (Å²) in [6.45, 7) is 0. The van der Waals surface area contributed by atoms with E-state index in [-0.39, 0.29) is 15.2 Å². The molecule has 0 aliphatic carbocycles. The fraction of sp³-hybridized carbons (Fsp3) is 0.0909. The third-order valence-corrected chi connectivity index (χ3v) is 3.79. The van der Waals surface area contributed by atoms with Crippen LogP contribution in [0.5, 0.6) is 0 Å². The highest BCUT2D eigenvalue weighted by atomic mass is 32.2. The van der Waals surface area contributed by atoms with Gasteiger partial charge in [-0.05, 0) is 36.5 Å². The number of nitrogens with one attached hydrogen (secondary N) is 1. The Bertz CT molecular complexity index is 786. The van der Waals surface area contributed by atoms with Gasteiger partial charge in [-0.1, -0.05) is 0 Å². The molecular formula is C11H10N2O3S2. The first-order chi connectivity index (χ1) is 8.38. The van der Waals surface area contributed by atoms with Gasteiger partial charge >= 0.3 is 0 Å². The lowest BCUT2D eigenvalue weighted by atomic mass is 10.3. The van der Waals surface area contributed by atoms with E-state index in [2.05, 4.69) is 4.98 Å². The number of hydrogen-bond acceptors (Lipinski definition) is 4. The average molecular weight is 282 g/mol. The van der Waals surface area contributed by atoms with Crippen LogP contribution < -0.4 is 5.56 Å². The molecule has 1 N–H and O–H groups in total. The Morgan fingerprint density at radius 1 is 1.17 bits per heavy atom. The highest BCUT2D eigenvalue weighted by Crippen LogP contribution is 2.13. The van der Waals surface area contributed by atoms with Crippen LogP contribution in [-0.2, 0) is 9.84 Å². The Hall–Kier alpha value is -1.73. The zero-order chi connectivity index (χ0) is 13.3. The van der Waals surface area contributed by atoms with Gasteiger partial charge in [0, 0.05) is 24.2 Å². The molecule has 0 radical (unpaired) electrons. The second-order valence-corrected chi connectivity index (χ2v) is 6.15. The smallest absolute Gasteiger partial charge is 0.251 e. The first kappa shape index (κ1) is 12.7. The van der Waals surface area contributed by atoms with Gasteiger partial charge in [-0.2, -0.15) is 0 Å². The van der Waals surface area contributed by atoms with Gasteiger partial charge < -0.3 is 0 Å². The van der Waals surface area contributed by atoms with Gasteiger partial charge in [0.1, 0.15) is 0 Å². The maximum atomic E-state index is 11.3. The normalized spacial score (nSPS) is 11.4. The van der Waals surface area contributed by atoms with Gasteiger partial charge in [0.2, 0.25) is 0 Å². The Morgan fingerprint density at radius 2 is 1.78 bits per heavy atom. The van der Waals surface area contributed by atoms with Crippen LogP contribution in [0, 0.1) is 4.77 Å². The summed E-state index contributed by atoms with van der Waals surface area (Å²) >= 11 is 5.02. The molecule has 0 unspecified atom stereocenters. The van der Waals surface area contributed by atoms with Crippen LogP contribution in [0.4, 0.5) is 0 Å². The second kappa shape index (κ2) is 4.51. The molecule has 2 aromatic rings. The van der Waals surface area contributed by atoms with Crippen molar-refractivity contribution in [3.8, 4) is 5.69 Å². The highest BCUT2D eigenvalue weighted by Gasteiger charge is 2.06. The van der Waals surface area contributed by atoms with E-state index >= 15 is 0 Å².